The molecule has 28 heavy (non-hydrogen) atoms. The third kappa shape index (κ3) is 4.51. The second-order valence-corrected chi connectivity index (χ2v) is 7.37. The Labute approximate surface area is 164 Å². The molecular weight excluding hydrogens is 350 g/mol. The van der Waals surface area contributed by atoms with Crippen molar-refractivity contribution in [3.8, 4) is 6.07 Å². The average Bonchev–Trinajstić information content (AvgIpc) is 2.68. The average molecular weight is 371 g/mol. The van der Waals surface area contributed by atoms with Crippen molar-refractivity contribution in [2.24, 2.45) is 0 Å². The van der Waals surface area contributed by atoms with Crippen molar-refractivity contribution in [3.05, 3.63) is 77.5 Å². The lowest BCUT2D eigenvalue weighted by molar-refractivity contribution is 0.102. The van der Waals surface area contributed by atoms with Gasteiger partial charge in [0.1, 0.15) is 0 Å². The number of aromatic nitrogens is 2. The summed E-state index contributed by atoms with van der Waals surface area (Å²) in [6.07, 6.45) is 0. The Hall–Kier alpha value is -3.72. The minimum absolute atomic E-state index is 0.0190. The number of hydrogen-bond donors (Lipinski definition) is 2. The van der Waals surface area contributed by atoms with Crippen LogP contribution in [0.3, 0.4) is 0 Å². The lowest BCUT2D eigenvalue weighted by Gasteiger charge is -2.23. The smallest absolute Gasteiger partial charge is 0.276 e. The van der Waals surface area contributed by atoms with Crippen molar-refractivity contribution in [1.82, 2.24) is 10.2 Å². The summed E-state index contributed by atoms with van der Waals surface area (Å²) in [4.78, 5) is 12.4. The van der Waals surface area contributed by atoms with Gasteiger partial charge in [-0.15, -0.1) is 10.2 Å². The van der Waals surface area contributed by atoms with Crippen LogP contribution in [0, 0.1) is 11.3 Å². The highest BCUT2D eigenvalue weighted by atomic mass is 16.1. The van der Waals surface area contributed by atoms with E-state index in [1.165, 1.54) is 0 Å². The number of nitrogens with zero attached hydrogens (tertiary/aromatic N) is 3. The predicted molar refractivity (Wildman–Crippen MR) is 110 cm³/mol. The van der Waals surface area contributed by atoms with E-state index < -0.39 is 0 Å². The predicted octanol–water partition coefficient (Wildman–Crippen LogP) is 4.64. The first-order valence-corrected chi connectivity index (χ1v) is 8.88. The van der Waals surface area contributed by atoms with Crippen LogP contribution in [0.5, 0.6) is 0 Å². The van der Waals surface area contributed by atoms with Crippen molar-refractivity contribution < 1.29 is 4.79 Å². The quantitative estimate of drug-likeness (QED) is 0.697. The van der Waals surface area contributed by atoms with Crippen LogP contribution in [0.4, 0.5) is 17.2 Å². The second kappa shape index (κ2) is 7.89. The number of para-hydroxylation sites is 1. The largest absolute Gasteiger partial charge is 0.338 e. The Balaban J connectivity index is 1.74. The van der Waals surface area contributed by atoms with E-state index in [4.69, 9.17) is 5.26 Å². The van der Waals surface area contributed by atoms with Crippen LogP contribution < -0.4 is 10.6 Å². The summed E-state index contributed by atoms with van der Waals surface area (Å²) < 4.78 is 0. The van der Waals surface area contributed by atoms with Gasteiger partial charge in [0.05, 0.1) is 11.6 Å². The third-order valence-electron chi connectivity index (χ3n) is 4.14. The maximum atomic E-state index is 12.4. The van der Waals surface area contributed by atoms with Crippen LogP contribution in [-0.4, -0.2) is 16.1 Å². The van der Waals surface area contributed by atoms with Crippen molar-refractivity contribution in [2.45, 2.75) is 26.2 Å². The Bertz CT molecular complexity index is 1030. The van der Waals surface area contributed by atoms with Gasteiger partial charge >= 0.3 is 0 Å². The van der Waals surface area contributed by atoms with E-state index in [0.29, 0.717) is 17.1 Å². The van der Waals surface area contributed by atoms with E-state index in [0.717, 1.165) is 11.3 Å². The molecule has 0 saturated heterocycles. The number of hydrogen-bond acceptors (Lipinski definition) is 5. The fraction of sp³-hybridized carbons (Fsp3) is 0.182. The normalized spacial score (nSPS) is 10.8. The Morgan fingerprint density at radius 1 is 1.00 bits per heavy atom. The van der Waals surface area contributed by atoms with Gasteiger partial charge in [-0.05, 0) is 47.4 Å². The summed E-state index contributed by atoms with van der Waals surface area (Å²) in [6, 6.07) is 20.1. The summed E-state index contributed by atoms with van der Waals surface area (Å²) >= 11 is 0. The van der Waals surface area contributed by atoms with E-state index in [1.54, 1.807) is 36.4 Å². The van der Waals surface area contributed by atoms with Gasteiger partial charge in [-0.1, -0.05) is 45.0 Å². The van der Waals surface area contributed by atoms with Crippen molar-refractivity contribution in [3.63, 3.8) is 0 Å². The van der Waals surface area contributed by atoms with Crippen LogP contribution in [0.25, 0.3) is 0 Å². The van der Waals surface area contributed by atoms with E-state index >= 15 is 0 Å². The Kier molecular flexibility index (Phi) is 5.37. The molecule has 6 nitrogen and oxygen atoms in total. The number of benzene rings is 2. The molecule has 0 unspecified atom stereocenters. The lowest BCUT2D eigenvalue weighted by atomic mass is 9.86. The highest BCUT2D eigenvalue weighted by molar-refractivity contribution is 6.02. The fourth-order valence-corrected chi connectivity index (χ4v) is 2.77. The minimum Gasteiger partial charge on any atom is -0.338 e. The van der Waals surface area contributed by atoms with E-state index in [-0.39, 0.29) is 17.0 Å². The first-order chi connectivity index (χ1) is 13.4. The number of rotatable bonds is 4. The minimum atomic E-state index is -0.385. The number of nitrogens with one attached hydrogen (secondary N) is 2. The van der Waals surface area contributed by atoms with E-state index in [2.05, 4.69) is 47.7 Å². The summed E-state index contributed by atoms with van der Waals surface area (Å²) in [7, 11) is 0. The molecule has 1 aromatic heterocycles. The van der Waals surface area contributed by atoms with Gasteiger partial charge in [0, 0.05) is 11.4 Å². The van der Waals surface area contributed by atoms with Crippen LogP contribution in [0.2, 0.25) is 0 Å². The standard InChI is InChI=1S/C22H21N5O/c1-22(2,3)17-9-4-5-10-18(17)25-20-12-11-19(26-27-20)21(28)24-16-8-6-7-15(13-16)14-23/h4-13H,1-3H3,(H,24,28)(H,25,27). The molecule has 0 aliphatic rings. The third-order valence-corrected chi connectivity index (χ3v) is 4.14. The summed E-state index contributed by atoms with van der Waals surface area (Å²) in [6.45, 7) is 6.44. The fourth-order valence-electron chi connectivity index (χ4n) is 2.77. The molecule has 0 atom stereocenters. The molecule has 1 amide bonds. The number of amides is 1. The number of carbonyl (C=O) groups is 1. The molecule has 0 spiro atoms. The molecule has 3 aromatic rings. The lowest BCUT2D eigenvalue weighted by Crippen LogP contribution is -2.15. The van der Waals surface area contributed by atoms with E-state index in [9.17, 15) is 4.79 Å². The molecule has 3 rings (SSSR count). The highest BCUT2D eigenvalue weighted by Gasteiger charge is 2.18. The van der Waals surface area contributed by atoms with Crippen LogP contribution >= 0.6 is 0 Å². The molecule has 140 valence electrons. The zero-order chi connectivity index (χ0) is 20.1. The zero-order valence-electron chi connectivity index (χ0n) is 16.0. The molecule has 6 heteroatoms. The topological polar surface area (TPSA) is 90.7 Å². The maximum Gasteiger partial charge on any atom is 0.276 e. The molecule has 2 N–H and O–H groups in total. The Morgan fingerprint density at radius 2 is 1.79 bits per heavy atom. The van der Waals surface area contributed by atoms with Crippen molar-refractivity contribution >= 4 is 23.1 Å². The monoisotopic (exact) mass is 371 g/mol. The van der Waals surface area contributed by atoms with Gasteiger partial charge in [0.25, 0.3) is 5.91 Å². The first-order valence-electron chi connectivity index (χ1n) is 8.88. The van der Waals surface area contributed by atoms with Gasteiger partial charge in [0.15, 0.2) is 11.5 Å². The highest BCUT2D eigenvalue weighted by Crippen LogP contribution is 2.30. The Morgan fingerprint density at radius 3 is 2.46 bits per heavy atom. The van der Waals surface area contributed by atoms with Crippen LogP contribution in [0.15, 0.2) is 60.7 Å². The molecule has 0 aliphatic heterocycles. The first kappa shape index (κ1) is 19.1. The summed E-state index contributed by atoms with van der Waals surface area (Å²) in [5, 5.41) is 23.1. The zero-order valence-corrected chi connectivity index (χ0v) is 16.0. The van der Waals surface area contributed by atoms with Gasteiger partial charge in [-0.25, -0.2) is 0 Å². The molecule has 0 bridgehead atoms. The summed E-state index contributed by atoms with van der Waals surface area (Å²) in [5.41, 5.74) is 3.30. The molecule has 0 radical (unpaired) electrons. The second-order valence-electron chi connectivity index (χ2n) is 7.37. The molecular formula is C22H21N5O. The number of anilines is 3. The van der Waals surface area contributed by atoms with Crippen LogP contribution in [0.1, 0.15) is 42.4 Å². The number of carbonyl (C=O) groups excluding carboxylic acids is 1. The van der Waals surface area contributed by atoms with Crippen LogP contribution in [-0.2, 0) is 5.41 Å². The van der Waals surface area contributed by atoms with Gasteiger partial charge in [-0.2, -0.15) is 5.26 Å². The van der Waals surface area contributed by atoms with Gasteiger partial charge in [0.2, 0.25) is 0 Å². The van der Waals surface area contributed by atoms with Crippen molar-refractivity contribution in [1.29, 1.82) is 5.26 Å². The van der Waals surface area contributed by atoms with Gasteiger partial charge < -0.3 is 10.6 Å². The molecule has 0 fully saturated rings. The SMILES string of the molecule is CC(C)(C)c1ccccc1Nc1ccc(C(=O)Nc2cccc(C#N)c2)nn1. The maximum absolute atomic E-state index is 12.4. The number of nitriles is 1. The molecule has 0 aliphatic carbocycles. The molecule has 2 aromatic carbocycles. The van der Waals surface area contributed by atoms with E-state index in [1.807, 2.05) is 24.3 Å². The molecule has 1 heterocycles. The molecule has 0 saturated carbocycles. The van der Waals surface area contributed by atoms with Gasteiger partial charge in [-0.3, -0.25) is 4.79 Å². The summed E-state index contributed by atoms with van der Waals surface area (Å²) in [5.74, 6) is 0.170. The van der Waals surface area contributed by atoms with Crippen molar-refractivity contribution in [2.75, 3.05) is 10.6 Å².